The molecule has 24 heavy (non-hydrogen) atoms. The summed E-state index contributed by atoms with van der Waals surface area (Å²) in [5, 5.41) is 19.1. The van der Waals surface area contributed by atoms with E-state index < -0.39 is 6.10 Å². The third-order valence-electron chi connectivity index (χ3n) is 4.25. The number of rotatable bonds is 6. The highest BCUT2D eigenvalue weighted by Gasteiger charge is 2.14. The van der Waals surface area contributed by atoms with Crippen LogP contribution in [0.4, 0.5) is 0 Å². The molecule has 0 aliphatic rings. The molecular weight excluding hydrogens is 322 g/mol. The van der Waals surface area contributed by atoms with Crippen molar-refractivity contribution in [2.45, 2.75) is 39.0 Å². The first-order valence-corrected chi connectivity index (χ1v) is 8.18. The predicted molar refractivity (Wildman–Crippen MR) is 99.3 cm³/mol. The Labute approximate surface area is 148 Å². The summed E-state index contributed by atoms with van der Waals surface area (Å²) in [6, 6.07) is 17.7. The number of aromatic nitrogens is 2. The van der Waals surface area contributed by atoms with E-state index >= 15 is 0 Å². The Morgan fingerprint density at radius 2 is 1.54 bits per heavy atom. The molecule has 128 valence electrons. The highest BCUT2D eigenvalue weighted by atomic mass is 35.5. The lowest BCUT2D eigenvalue weighted by Gasteiger charge is -2.12. The van der Waals surface area contributed by atoms with Gasteiger partial charge in [0.2, 0.25) is 5.62 Å². The fourth-order valence-corrected chi connectivity index (χ4v) is 2.98. The number of unbranched alkanes of at least 4 members (excludes halogenated alkanes) is 1. The number of fused-ring (bicyclic) bond motifs is 1. The molecule has 0 aliphatic carbocycles. The maximum Gasteiger partial charge on any atom is 0.203 e. The lowest BCUT2D eigenvalue weighted by Crippen LogP contribution is -2.26. The minimum Gasteiger partial charge on any atom is -0.387 e. The van der Waals surface area contributed by atoms with Crippen LogP contribution in [0.25, 0.3) is 11.0 Å². The van der Waals surface area contributed by atoms with Crippen molar-refractivity contribution in [3.05, 3.63) is 65.8 Å². The Balaban J connectivity index is 0.00000208. The molecule has 0 fully saturated rings. The molecule has 2 N–H and O–H groups in total. The molecule has 1 heterocycles. The number of nitrogens with zero attached hydrogens (tertiary/aromatic N) is 2. The van der Waals surface area contributed by atoms with Crippen LogP contribution in [0.2, 0.25) is 0 Å². The number of benzene rings is 2. The highest BCUT2D eigenvalue weighted by Crippen LogP contribution is 2.18. The normalized spacial score (nSPS) is 12.1. The van der Waals surface area contributed by atoms with Gasteiger partial charge in [0.1, 0.15) is 0 Å². The fourth-order valence-electron chi connectivity index (χ4n) is 2.98. The number of hydrogen-bond donors (Lipinski definition) is 2. The van der Waals surface area contributed by atoms with E-state index in [1.807, 2.05) is 57.7 Å². The molecule has 3 aromatic rings. The Morgan fingerprint density at radius 1 is 0.958 bits per heavy atom. The third kappa shape index (κ3) is 3.55. The maximum atomic E-state index is 10.5. The first-order chi connectivity index (χ1) is 11.2. The van der Waals surface area contributed by atoms with E-state index in [2.05, 4.69) is 13.0 Å². The van der Waals surface area contributed by atoms with E-state index in [9.17, 15) is 5.11 Å². The molecular formula is C19H24ClN3O. The molecule has 0 bridgehead atoms. The molecule has 0 radical (unpaired) electrons. The van der Waals surface area contributed by atoms with E-state index in [1.54, 1.807) is 0 Å². The lowest BCUT2D eigenvalue weighted by atomic mass is 10.1. The highest BCUT2D eigenvalue weighted by molar-refractivity contribution is 5.85. The van der Waals surface area contributed by atoms with Gasteiger partial charge < -0.3 is 14.2 Å². The second kappa shape index (κ2) is 8.18. The molecule has 1 atom stereocenters. The summed E-state index contributed by atoms with van der Waals surface area (Å²) in [6.45, 7) is 3.38. The van der Waals surface area contributed by atoms with Crippen molar-refractivity contribution < 1.29 is 5.11 Å². The molecule has 4 nitrogen and oxygen atoms in total. The first kappa shape index (κ1) is 18.3. The quantitative estimate of drug-likeness (QED) is 0.700. The van der Waals surface area contributed by atoms with Crippen LogP contribution in [0, 0.1) is 5.41 Å². The molecule has 0 saturated carbocycles. The van der Waals surface area contributed by atoms with Crippen molar-refractivity contribution in [2.24, 2.45) is 0 Å². The average Bonchev–Trinajstić information content (AvgIpc) is 2.86. The van der Waals surface area contributed by atoms with Crippen molar-refractivity contribution >= 4 is 23.4 Å². The number of aryl methyl sites for hydroxylation is 1. The van der Waals surface area contributed by atoms with Gasteiger partial charge in [0, 0.05) is 6.54 Å². The molecule has 0 amide bonds. The third-order valence-corrected chi connectivity index (χ3v) is 4.25. The summed E-state index contributed by atoms with van der Waals surface area (Å²) in [5.41, 5.74) is 3.40. The van der Waals surface area contributed by atoms with Gasteiger partial charge in [0.05, 0.1) is 23.7 Å². The Bertz CT molecular complexity index is 839. The standard InChI is InChI=1S/C19H23N3O.ClH/c1-2-3-13-21-16-11-7-8-12-17(16)22(19(21)20)14-18(23)15-9-5-4-6-10-15;/h4-12,18,20,23H,2-3,13-14H2,1H3;1H. The van der Waals surface area contributed by atoms with Gasteiger partial charge in [-0.05, 0) is 24.1 Å². The lowest BCUT2D eigenvalue weighted by molar-refractivity contribution is 0.155. The Hall–Kier alpha value is -2.04. The largest absolute Gasteiger partial charge is 0.387 e. The minimum atomic E-state index is -0.615. The van der Waals surface area contributed by atoms with Crippen LogP contribution in [-0.4, -0.2) is 14.2 Å². The molecule has 0 aliphatic heterocycles. The van der Waals surface area contributed by atoms with Gasteiger partial charge in [-0.15, -0.1) is 12.4 Å². The van der Waals surface area contributed by atoms with Crippen molar-refractivity contribution in [3.8, 4) is 0 Å². The van der Waals surface area contributed by atoms with Crippen molar-refractivity contribution in [3.63, 3.8) is 0 Å². The summed E-state index contributed by atoms with van der Waals surface area (Å²) < 4.78 is 3.94. The summed E-state index contributed by atoms with van der Waals surface area (Å²) in [6.07, 6.45) is 1.53. The molecule has 3 rings (SSSR count). The number of hydrogen-bond acceptors (Lipinski definition) is 2. The first-order valence-electron chi connectivity index (χ1n) is 8.18. The predicted octanol–water partition coefficient (Wildman–Crippen LogP) is 3.88. The van der Waals surface area contributed by atoms with Crippen molar-refractivity contribution in [1.82, 2.24) is 9.13 Å². The molecule has 0 spiro atoms. The van der Waals surface area contributed by atoms with E-state index in [1.165, 1.54) is 0 Å². The number of halogens is 1. The number of aliphatic hydroxyl groups excluding tert-OH is 1. The summed E-state index contributed by atoms with van der Waals surface area (Å²) in [5.74, 6) is 0. The van der Waals surface area contributed by atoms with E-state index in [4.69, 9.17) is 5.41 Å². The zero-order valence-corrected chi connectivity index (χ0v) is 14.7. The zero-order valence-electron chi connectivity index (χ0n) is 13.9. The van der Waals surface area contributed by atoms with Gasteiger partial charge in [-0.2, -0.15) is 0 Å². The number of imidazole rings is 1. The molecule has 2 aromatic carbocycles. The van der Waals surface area contributed by atoms with Crippen LogP contribution in [0.15, 0.2) is 54.6 Å². The zero-order chi connectivity index (χ0) is 16.2. The van der Waals surface area contributed by atoms with Crippen molar-refractivity contribution in [1.29, 1.82) is 5.41 Å². The minimum absolute atomic E-state index is 0. The monoisotopic (exact) mass is 345 g/mol. The summed E-state index contributed by atoms with van der Waals surface area (Å²) in [7, 11) is 0. The molecule has 5 heteroatoms. The Morgan fingerprint density at radius 3 is 2.17 bits per heavy atom. The van der Waals surface area contributed by atoms with Gasteiger partial charge >= 0.3 is 0 Å². The fraction of sp³-hybridized carbons (Fsp3) is 0.316. The number of aliphatic hydroxyl groups is 1. The average molecular weight is 346 g/mol. The van der Waals surface area contributed by atoms with E-state index in [0.717, 1.165) is 36.0 Å². The van der Waals surface area contributed by atoms with Crippen LogP contribution in [-0.2, 0) is 13.1 Å². The topological polar surface area (TPSA) is 53.9 Å². The SMILES string of the molecule is CCCCn1c(=N)n(CC(O)c2ccccc2)c2ccccc21.Cl. The number of nitrogens with one attached hydrogen (secondary N) is 1. The van der Waals surface area contributed by atoms with Gasteiger partial charge in [-0.1, -0.05) is 55.8 Å². The molecule has 1 aromatic heterocycles. The summed E-state index contributed by atoms with van der Waals surface area (Å²) >= 11 is 0. The van der Waals surface area contributed by atoms with Crippen LogP contribution in [0.1, 0.15) is 31.4 Å². The van der Waals surface area contributed by atoms with Gasteiger partial charge in [0.15, 0.2) is 0 Å². The maximum absolute atomic E-state index is 10.5. The Kier molecular flexibility index (Phi) is 6.23. The summed E-state index contributed by atoms with van der Waals surface area (Å²) in [4.78, 5) is 0. The molecule has 1 unspecified atom stereocenters. The van der Waals surface area contributed by atoms with Gasteiger partial charge in [-0.25, -0.2) is 0 Å². The van der Waals surface area contributed by atoms with E-state index in [-0.39, 0.29) is 12.4 Å². The van der Waals surface area contributed by atoms with E-state index in [0.29, 0.717) is 12.2 Å². The van der Waals surface area contributed by atoms with Crippen LogP contribution >= 0.6 is 12.4 Å². The van der Waals surface area contributed by atoms with Crippen LogP contribution in [0.5, 0.6) is 0 Å². The second-order valence-corrected chi connectivity index (χ2v) is 5.85. The number of para-hydroxylation sites is 2. The van der Waals surface area contributed by atoms with Gasteiger partial charge in [-0.3, -0.25) is 5.41 Å². The molecule has 0 saturated heterocycles. The van der Waals surface area contributed by atoms with Gasteiger partial charge in [0.25, 0.3) is 0 Å². The van der Waals surface area contributed by atoms with Crippen molar-refractivity contribution in [2.75, 3.05) is 0 Å². The van der Waals surface area contributed by atoms with Crippen LogP contribution < -0.4 is 5.62 Å². The smallest absolute Gasteiger partial charge is 0.203 e. The van der Waals surface area contributed by atoms with Crippen LogP contribution in [0.3, 0.4) is 0 Å². The second-order valence-electron chi connectivity index (χ2n) is 5.85.